The van der Waals surface area contributed by atoms with Crippen LogP contribution in [0.2, 0.25) is 0 Å². The normalized spacial score (nSPS) is 14.0. The molecular weight excluding hydrogens is 384 g/mol. The van der Waals surface area contributed by atoms with Crippen LogP contribution in [0.5, 0.6) is 0 Å². The number of aliphatic hydroxyl groups excluding tert-OH is 1. The number of hydrogen-bond donors (Lipinski definition) is 1. The summed E-state index contributed by atoms with van der Waals surface area (Å²) in [7, 11) is 0. The van der Waals surface area contributed by atoms with Crippen molar-refractivity contribution in [3.05, 3.63) is 107 Å². The van der Waals surface area contributed by atoms with Crippen LogP contribution >= 0.6 is 0 Å². The zero-order valence-corrected chi connectivity index (χ0v) is 16.8. The summed E-state index contributed by atoms with van der Waals surface area (Å²) in [4.78, 5) is 17.6. The van der Waals surface area contributed by atoms with Gasteiger partial charge in [0, 0.05) is 29.1 Å². The quantitative estimate of drug-likeness (QED) is 0.399. The summed E-state index contributed by atoms with van der Waals surface area (Å²) in [6, 6.07) is 14.4. The number of hydrogen-bond acceptors (Lipinski definition) is 3. The first-order valence-corrected chi connectivity index (χ1v) is 9.80. The van der Waals surface area contributed by atoms with Crippen LogP contribution in [0, 0.1) is 17.6 Å². The van der Waals surface area contributed by atoms with E-state index in [4.69, 9.17) is 0 Å². The van der Waals surface area contributed by atoms with E-state index in [1.54, 1.807) is 30.5 Å². The molecule has 0 bridgehead atoms. The predicted octanol–water partition coefficient (Wildman–Crippen LogP) is 5.78. The molecule has 1 aromatic heterocycles. The van der Waals surface area contributed by atoms with Crippen molar-refractivity contribution < 1.29 is 18.7 Å². The number of aromatic nitrogens is 1. The van der Waals surface area contributed by atoms with Crippen LogP contribution in [0.25, 0.3) is 5.57 Å². The second-order valence-electron chi connectivity index (χ2n) is 7.17. The Labute approximate surface area is 174 Å². The Morgan fingerprint density at radius 2 is 1.53 bits per heavy atom. The highest BCUT2D eigenvalue weighted by atomic mass is 19.1. The van der Waals surface area contributed by atoms with Crippen molar-refractivity contribution in [1.29, 1.82) is 0 Å². The Hall–Kier alpha value is -3.18. The summed E-state index contributed by atoms with van der Waals surface area (Å²) in [5, 5.41) is 11.2. The maximum absolute atomic E-state index is 13.5. The Morgan fingerprint density at radius 3 is 2.03 bits per heavy atom. The van der Waals surface area contributed by atoms with Gasteiger partial charge in [0.15, 0.2) is 5.78 Å². The van der Waals surface area contributed by atoms with E-state index in [0.29, 0.717) is 23.1 Å². The number of Topliss-reactive ketones (excluding diaryl/α,β-unsaturated/α-hetero) is 1. The fourth-order valence-electron chi connectivity index (χ4n) is 3.39. The minimum Gasteiger partial charge on any atom is -0.383 e. The first kappa shape index (κ1) is 21.5. The molecule has 0 fully saturated rings. The van der Waals surface area contributed by atoms with E-state index in [2.05, 4.69) is 4.98 Å². The number of carbonyl (C=O) groups excluding carboxylic acids is 1. The van der Waals surface area contributed by atoms with Gasteiger partial charge in [0.05, 0.1) is 0 Å². The molecule has 2 unspecified atom stereocenters. The molecule has 2 aromatic carbocycles. The maximum Gasteiger partial charge on any atom is 0.192 e. The molecular formula is C25H23F2NO2. The van der Waals surface area contributed by atoms with Gasteiger partial charge in [-0.15, -0.1) is 0 Å². The van der Waals surface area contributed by atoms with Crippen LogP contribution in [-0.2, 0) is 0 Å². The minimum absolute atomic E-state index is 0.0961. The first-order chi connectivity index (χ1) is 14.4. The fraction of sp³-hybridized carbons (Fsp3) is 0.200. The number of aliphatic hydroxyl groups is 1. The molecule has 0 saturated carbocycles. The number of carbonyl (C=O) groups is 1. The molecule has 3 nitrogen and oxygen atoms in total. The summed E-state index contributed by atoms with van der Waals surface area (Å²) in [6.45, 7) is 3.93. The molecule has 0 amide bonds. The van der Waals surface area contributed by atoms with Gasteiger partial charge >= 0.3 is 0 Å². The van der Waals surface area contributed by atoms with E-state index in [9.17, 15) is 18.7 Å². The minimum atomic E-state index is -1.25. The second kappa shape index (κ2) is 9.55. The average Bonchev–Trinajstić information content (AvgIpc) is 2.78. The smallest absolute Gasteiger partial charge is 0.192 e. The number of rotatable bonds is 7. The molecule has 3 rings (SSSR count). The Morgan fingerprint density at radius 1 is 0.967 bits per heavy atom. The SMILES string of the molecule is CCC(C)/C(=C(\C(=O)c1ccc(F)cc1)C(O)c1cccnc1)c1ccc(F)cc1. The molecule has 1 heterocycles. The van der Waals surface area contributed by atoms with Crippen LogP contribution in [0.4, 0.5) is 8.78 Å². The second-order valence-corrected chi connectivity index (χ2v) is 7.17. The van der Waals surface area contributed by atoms with E-state index in [1.165, 1.54) is 42.6 Å². The van der Waals surface area contributed by atoms with Crippen molar-refractivity contribution in [2.45, 2.75) is 26.4 Å². The van der Waals surface area contributed by atoms with Crippen molar-refractivity contribution in [2.75, 3.05) is 0 Å². The molecule has 5 heteroatoms. The third-order valence-electron chi connectivity index (χ3n) is 5.18. The van der Waals surface area contributed by atoms with E-state index >= 15 is 0 Å². The summed E-state index contributed by atoms with van der Waals surface area (Å²) in [6.07, 6.45) is 2.54. The standard InChI is InChI=1S/C25H23F2NO2/c1-3-16(2)22(17-6-10-20(26)11-7-17)23(25(30)19-5-4-14-28-15-19)24(29)18-8-12-21(27)13-9-18/h4-16,25,30H,3H2,1-2H3/b23-22-. The van der Waals surface area contributed by atoms with Crippen molar-refractivity contribution >= 4 is 11.4 Å². The van der Waals surface area contributed by atoms with Crippen molar-refractivity contribution in [1.82, 2.24) is 4.98 Å². The lowest BCUT2D eigenvalue weighted by atomic mass is 9.81. The number of ketones is 1. The van der Waals surface area contributed by atoms with Gasteiger partial charge in [-0.05, 0) is 65.9 Å². The van der Waals surface area contributed by atoms with Gasteiger partial charge in [0.2, 0.25) is 0 Å². The van der Waals surface area contributed by atoms with Crippen LogP contribution in [0.1, 0.15) is 47.9 Å². The molecule has 0 spiro atoms. The van der Waals surface area contributed by atoms with Crippen molar-refractivity contribution in [2.24, 2.45) is 5.92 Å². The first-order valence-electron chi connectivity index (χ1n) is 9.80. The number of halogens is 2. The highest BCUT2D eigenvalue weighted by Crippen LogP contribution is 2.37. The number of nitrogens with zero attached hydrogens (tertiary/aromatic N) is 1. The Bertz CT molecular complexity index is 1030. The molecule has 0 aliphatic heterocycles. The third kappa shape index (κ3) is 4.69. The van der Waals surface area contributed by atoms with E-state index in [1.807, 2.05) is 13.8 Å². The maximum atomic E-state index is 13.5. The molecule has 30 heavy (non-hydrogen) atoms. The van der Waals surface area contributed by atoms with Crippen LogP contribution < -0.4 is 0 Å². The fourth-order valence-corrected chi connectivity index (χ4v) is 3.39. The van der Waals surface area contributed by atoms with Gasteiger partial charge in [-0.2, -0.15) is 0 Å². The van der Waals surface area contributed by atoms with Crippen LogP contribution in [0.3, 0.4) is 0 Å². The molecule has 0 aliphatic carbocycles. The third-order valence-corrected chi connectivity index (χ3v) is 5.18. The molecule has 0 aliphatic rings. The molecule has 0 radical (unpaired) electrons. The topological polar surface area (TPSA) is 50.2 Å². The molecule has 2 atom stereocenters. The van der Waals surface area contributed by atoms with Gasteiger partial charge < -0.3 is 5.11 Å². The zero-order chi connectivity index (χ0) is 21.7. The predicted molar refractivity (Wildman–Crippen MR) is 113 cm³/mol. The largest absolute Gasteiger partial charge is 0.383 e. The summed E-state index contributed by atoms with van der Waals surface area (Å²) >= 11 is 0. The van der Waals surface area contributed by atoms with Gasteiger partial charge in [-0.1, -0.05) is 32.0 Å². The molecule has 3 aromatic rings. The van der Waals surface area contributed by atoms with Gasteiger partial charge in [0.1, 0.15) is 17.7 Å². The number of benzene rings is 2. The molecule has 154 valence electrons. The Balaban J connectivity index is 2.26. The summed E-state index contributed by atoms with van der Waals surface area (Å²) in [5.41, 5.74) is 2.18. The van der Waals surface area contributed by atoms with Gasteiger partial charge in [0.25, 0.3) is 0 Å². The van der Waals surface area contributed by atoms with Crippen molar-refractivity contribution in [3.8, 4) is 0 Å². The summed E-state index contributed by atoms with van der Waals surface area (Å²) < 4.78 is 26.9. The van der Waals surface area contributed by atoms with Crippen LogP contribution in [-0.4, -0.2) is 15.9 Å². The highest BCUT2D eigenvalue weighted by molar-refractivity contribution is 6.14. The lowest BCUT2D eigenvalue weighted by Crippen LogP contribution is -2.17. The summed E-state index contributed by atoms with van der Waals surface area (Å²) in [5.74, 6) is -1.35. The number of pyridine rings is 1. The molecule has 0 saturated heterocycles. The van der Waals surface area contributed by atoms with E-state index < -0.39 is 17.7 Å². The lowest BCUT2D eigenvalue weighted by Gasteiger charge is -2.24. The zero-order valence-electron chi connectivity index (χ0n) is 16.8. The average molecular weight is 407 g/mol. The van der Waals surface area contributed by atoms with Crippen molar-refractivity contribution in [3.63, 3.8) is 0 Å². The monoisotopic (exact) mass is 407 g/mol. The van der Waals surface area contributed by atoms with Gasteiger partial charge in [-0.3, -0.25) is 9.78 Å². The lowest BCUT2D eigenvalue weighted by molar-refractivity contribution is 0.0987. The van der Waals surface area contributed by atoms with Crippen LogP contribution in [0.15, 0.2) is 78.6 Å². The van der Waals surface area contributed by atoms with E-state index in [0.717, 1.165) is 0 Å². The van der Waals surface area contributed by atoms with Gasteiger partial charge in [-0.25, -0.2) is 8.78 Å². The highest BCUT2D eigenvalue weighted by Gasteiger charge is 2.28. The Kier molecular flexibility index (Phi) is 6.85. The number of allylic oxidation sites excluding steroid dienone is 1. The van der Waals surface area contributed by atoms with E-state index in [-0.39, 0.29) is 22.9 Å². The molecule has 1 N–H and O–H groups in total.